The minimum Gasteiger partial charge on any atom is -0.388 e. The first-order chi connectivity index (χ1) is 4.43. The number of hydrogen-bond donors (Lipinski definition) is 1. The zero-order valence-corrected chi connectivity index (χ0v) is 5.59. The predicted molar refractivity (Wildman–Crippen MR) is 40.0 cm³/mol. The van der Waals surface area contributed by atoms with Crippen LogP contribution in [0.4, 0.5) is 0 Å². The largest absolute Gasteiger partial charge is 0.388 e. The minimum absolute atomic E-state index is 1.03. The van der Waals surface area contributed by atoms with Crippen molar-refractivity contribution in [3.63, 3.8) is 0 Å². The van der Waals surface area contributed by atoms with Crippen molar-refractivity contribution >= 4 is 0 Å². The summed E-state index contributed by atoms with van der Waals surface area (Å²) in [7, 11) is 1.93. The predicted octanol–water partition coefficient (Wildman–Crippen LogP) is 1.61. The van der Waals surface area contributed by atoms with E-state index in [9.17, 15) is 0 Å². The van der Waals surface area contributed by atoms with E-state index in [1.54, 1.807) is 0 Å². The lowest BCUT2D eigenvalue weighted by Crippen LogP contribution is -2.01. The van der Waals surface area contributed by atoms with Gasteiger partial charge in [0.1, 0.15) is 0 Å². The van der Waals surface area contributed by atoms with Crippen molar-refractivity contribution < 1.29 is 0 Å². The number of allylic oxidation sites excluding steroid dienone is 5. The molecular formula is C8H11N. The van der Waals surface area contributed by atoms with Crippen molar-refractivity contribution in [1.29, 1.82) is 0 Å². The zero-order chi connectivity index (χ0) is 6.53. The van der Waals surface area contributed by atoms with Gasteiger partial charge in [-0.3, -0.25) is 0 Å². The zero-order valence-electron chi connectivity index (χ0n) is 5.59. The van der Waals surface area contributed by atoms with Crippen LogP contribution < -0.4 is 5.32 Å². The molecule has 0 bridgehead atoms. The molecule has 0 atom stereocenters. The Balaban J connectivity index is 2.63. The molecule has 0 saturated carbocycles. The van der Waals surface area contributed by atoms with Gasteiger partial charge < -0.3 is 5.32 Å². The van der Waals surface area contributed by atoms with Crippen LogP contribution in [-0.4, -0.2) is 7.05 Å². The maximum atomic E-state index is 3.08. The monoisotopic (exact) mass is 121 g/mol. The van der Waals surface area contributed by atoms with Gasteiger partial charge in [0.25, 0.3) is 0 Å². The first-order valence-electron chi connectivity index (χ1n) is 3.14. The van der Waals surface area contributed by atoms with E-state index in [4.69, 9.17) is 0 Å². The molecule has 0 aliphatic heterocycles. The molecule has 1 aliphatic carbocycles. The van der Waals surface area contributed by atoms with Crippen LogP contribution in [0.3, 0.4) is 0 Å². The number of nitrogens with one attached hydrogen (secondary N) is 1. The third-order valence-electron chi connectivity index (χ3n) is 1.29. The second-order valence-electron chi connectivity index (χ2n) is 1.93. The van der Waals surface area contributed by atoms with Crippen LogP contribution in [0.15, 0.2) is 36.1 Å². The Labute approximate surface area is 55.8 Å². The average Bonchev–Trinajstić information content (AvgIpc) is 2.13. The molecule has 0 saturated heterocycles. The van der Waals surface area contributed by atoms with Crippen molar-refractivity contribution in [1.82, 2.24) is 5.32 Å². The van der Waals surface area contributed by atoms with Crippen molar-refractivity contribution in [2.45, 2.75) is 6.42 Å². The summed E-state index contributed by atoms with van der Waals surface area (Å²) in [6.45, 7) is 0. The SMILES string of the molecule is CNC1=CCC=CC=C1. The van der Waals surface area contributed by atoms with Crippen LogP contribution in [0.5, 0.6) is 0 Å². The minimum atomic E-state index is 1.03. The Kier molecular flexibility index (Phi) is 2.13. The van der Waals surface area contributed by atoms with Gasteiger partial charge in [-0.2, -0.15) is 0 Å². The second-order valence-corrected chi connectivity index (χ2v) is 1.93. The standard InChI is InChI=1S/C8H11N/c1-9-8-6-4-2-3-5-7-8/h2-4,6-7,9H,5H2,1H3. The van der Waals surface area contributed by atoms with Crippen molar-refractivity contribution in [2.24, 2.45) is 0 Å². The van der Waals surface area contributed by atoms with Crippen LogP contribution in [0.1, 0.15) is 6.42 Å². The number of likely N-dealkylation sites (N-methyl/N-ethyl adjacent to an activating group) is 1. The highest BCUT2D eigenvalue weighted by atomic mass is 14.8. The van der Waals surface area contributed by atoms with Gasteiger partial charge in [0.05, 0.1) is 0 Å². The summed E-state index contributed by atoms with van der Waals surface area (Å²) in [5.41, 5.74) is 1.19. The van der Waals surface area contributed by atoms with Crippen molar-refractivity contribution in [2.75, 3.05) is 7.05 Å². The molecule has 1 N–H and O–H groups in total. The summed E-state index contributed by atoms with van der Waals surface area (Å²) >= 11 is 0. The Morgan fingerprint density at radius 2 is 2.33 bits per heavy atom. The highest BCUT2D eigenvalue weighted by Crippen LogP contribution is 1.99. The fourth-order valence-electron chi connectivity index (χ4n) is 0.765. The smallest absolute Gasteiger partial charge is 0.0300 e. The van der Waals surface area contributed by atoms with E-state index in [0.29, 0.717) is 0 Å². The Morgan fingerprint density at radius 1 is 1.44 bits per heavy atom. The van der Waals surface area contributed by atoms with E-state index in [1.165, 1.54) is 5.70 Å². The second kappa shape index (κ2) is 3.13. The summed E-state index contributed by atoms with van der Waals surface area (Å²) in [4.78, 5) is 0. The maximum Gasteiger partial charge on any atom is 0.0300 e. The van der Waals surface area contributed by atoms with Crippen LogP contribution in [0.2, 0.25) is 0 Å². The molecule has 0 aromatic carbocycles. The molecule has 0 amide bonds. The van der Waals surface area contributed by atoms with Crippen molar-refractivity contribution in [3.8, 4) is 0 Å². The Morgan fingerprint density at radius 3 is 3.11 bits per heavy atom. The lowest BCUT2D eigenvalue weighted by atomic mass is 10.3. The van der Waals surface area contributed by atoms with E-state index in [-0.39, 0.29) is 0 Å². The fourth-order valence-corrected chi connectivity index (χ4v) is 0.765. The first-order valence-corrected chi connectivity index (χ1v) is 3.14. The van der Waals surface area contributed by atoms with E-state index < -0.39 is 0 Å². The van der Waals surface area contributed by atoms with Gasteiger partial charge >= 0.3 is 0 Å². The third kappa shape index (κ3) is 1.76. The molecular weight excluding hydrogens is 110 g/mol. The molecule has 0 spiro atoms. The number of hydrogen-bond acceptors (Lipinski definition) is 1. The Hall–Kier alpha value is -0.980. The topological polar surface area (TPSA) is 12.0 Å². The van der Waals surface area contributed by atoms with Gasteiger partial charge in [-0.05, 0) is 12.5 Å². The summed E-state index contributed by atoms with van der Waals surface area (Å²) in [6, 6.07) is 0. The van der Waals surface area contributed by atoms with Crippen LogP contribution in [-0.2, 0) is 0 Å². The molecule has 1 nitrogen and oxygen atoms in total. The van der Waals surface area contributed by atoms with Gasteiger partial charge in [0.15, 0.2) is 0 Å². The molecule has 9 heavy (non-hydrogen) atoms. The maximum absolute atomic E-state index is 3.08. The third-order valence-corrected chi connectivity index (χ3v) is 1.29. The van der Waals surface area contributed by atoms with E-state index in [2.05, 4.69) is 29.6 Å². The summed E-state index contributed by atoms with van der Waals surface area (Å²) in [5, 5.41) is 3.08. The summed E-state index contributed by atoms with van der Waals surface area (Å²) < 4.78 is 0. The Bertz CT molecular complexity index is 163. The molecule has 0 radical (unpaired) electrons. The van der Waals surface area contributed by atoms with E-state index in [1.807, 2.05) is 13.1 Å². The summed E-state index contributed by atoms with van der Waals surface area (Å²) in [5.74, 6) is 0. The van der Waals surface area contributed by atoms with Crippen LogP contribution >= 0.6 is 0 Å². The van der Waals surface area contributed by atoms with Crippen LogP contribution in [0, 0.1) is 0 Å². The van der Waals surface area contributed by atoms with Gasteiger partial charge in [0, 0.05) is 12.7 Å². The number of rotatable bonds is 1. The van der Waals surface area contributed by atoms with Gasteiger partial charge in [-0.15, -0.1) is 0 Å². The molecule has 0 heterocycles. The quantitative estimate of drug-likeness (QED) is 0.555. The van der Waals surface area contributed by atoms with Gasteiger partial charge in [-0.25, -0.2) is 0 Å². The molecule has 0 aromatic heterocycles. The highest BCUT2D eigenvalue weighted by Gasteiger charge is 1.85. The van der Waals surface area contributed by atoms with Crippen molar-refractivity contribution in [3.05, 3.63) is 36.1 Å². The molecule has 1 heteroatoms. The lowest BCUT2D eigenvalue weighted by Gasteiger charge is -1.95. The average molecular weight is 121 g/mol. The highest BCUT2D eigenvalue weighted by molar-refractivity contribution is 5.24. The molecule has 0 unspecified atom stereocenters. The van der Waals surface area contributed by atoms with Gasteiger partial charge in [-0.1, -0.05) is 24.3 Å². The normalized spacial score (nSPS) is 16.8. The van der Waals surface area contributed by atoms with Gasteiger partial charge in [0.2, 0.25) is 0 Å². The lowest BCUT2D eigenvalue weighted by molar-refractivity contribution is 1.02. The first kappa shape index (κ1) is 6.14. The van der Waals surface area contributed by atoms with E-state index >= 15 is 0 Å². The molecule has 0 aromatic rings. The molecule has 48 valence electrons. The molecule has 1 aliphatic rings. The van der Waals surface area contributed by atoms with E-state index in [0.717, 1.165) is 6.42 Å². The fraction of sp³-hybridized carbons (Fsp3) is 0.250. The van der Waals surface area contributed by atoms with Crippen LogP contribution in [0.25, 0.3) is 0 Å². The molecule has 0 fully saturated rings. The summed E-state index contributed by atoms with van der Waals surface area (Å²) in [6.07, 6.45) is 11.5. The molecule has 1 rings (SSSR count).